The Morgan fingerprint density at radius 1 is 1.38 bits per heavy atom. The van der Waals surface area contributed by atoms with E-state index in [1.54, 1.807) is 13.8 Å². The van der Waals surface area contributed by atoms with Crippen LogP contribution >= 0.6 is 0 Å². The van der Waals surface area contributed by atoms with Gasteiger partial charge in [-0.2, -0.15) is 5.26 Å². The van der Waals surface area contributed by atoms with E-state index in [0.29, 0.717) is 5.57 Å². The molecule has 0 aliphatic carbocycles. The molecule has 0 fully saturated rings. The number of hydrogen-bond donors (Lipinski definition) is 0. The van der Waals surface area contributed by atoms with Gasteiger partial charge in [0.05, 0.1) is 11.7 Å². The second-order valence-corrected chi connectivity index (χ2v) is 4.88. The van der Waals surface area contributed by atoms with Gasteiger partial charge in [0.25, 0.3) is 0 Å². The first kappa shape index (κ1) is 16.8. The van der Waals surface area contributed by atoms with Gasteiger partial charge in [0.2, 0.25) is 0 Å². The Kier molecular flexibility index (Phi) is 6.48. The molecule has 0 amide bonds. The first-order valence-corrected chi connectivity index (χ1v) is 7.19. The van der Waals surface area contributed by atoms with Crippen molar-refractivity contribution in [3.8, 4) is 6.07 Å². The SMILES string of the molecule is CCN(CC)c1cccc(C(C#N)=CC(=O)OC(C)C)c1. The fourth-order valence-corrected chi connectivity index (χ4v) is 2.02. The van der Waals surface area contributed by atoms with E-state index in [2.05, 4.69) is 24.8 Å². The molecular weight excluding hydrogens is 264 g/mol. The van der Waals surface area contributed by atoms with Crippen molar-refractivity contribution >= 4 is 17.2 Å². The molecule has 0 spiro atoms. The topological polar surface area (TPSA) is 53.3 Å². The molecule has 0 heterocycles. The first-order valence-electron chi connectivity index (χ1n) is 7.19. The van der Waals surface area contributed by atoms with E-state index in [1.165, 1.54) is 6.08 Å². The molecule has 4 nitrogen and oxygen atoms in total. The van der Waals surface area contributed by atoms with Crippen molar-refractivity contribution in [1.82, 2.24) is 0 Å². The maximum atomic E-state index is 11.7. The molecule has 0 saturated heterocycles. The van der Waals surface area contributed by atoms with E-state index in [0.717, 1.165) is 24.3 Å². The molecule has 4 heteroatoms. The summed E-state index contributed by atoms with van der Waals surface area (Å²) in [7, 11) is 0. The number of carbonyl (C=O) groups excluding carboxylic acids is 1. The number of carbonyl (C=O) groups is 1. The third-order valence-electron chi connectivity index (χ3n) is 3.02. The number of ether oxygens (including phenoxy) is 1. The molecule has 0 N–H and O–H groups in total. The highest BCUT2D eigenvalue weighted by Crippen LogP contribution is 2.21. The summed E-state index contributed by atoms with van der Waals surface area (Å²) in [6.07, 6.45) is 1.05. The molecule has 1 rings (SSSR count). The highest BCUT2D eigenvalue weighted by Gasteiger charge is 2.09. The van der Waals surface area contributed by atoms with E-state index in [1.807, 2.05) is 24.3 Å². The van der Waals surface area contributed by atoms with Crippen LogP contribution in [0.25, 0.3) is 5.57 Å². The maximum Gasteiger partial charge on any atom is 0.332 e. The predicted octanol–water partition coefficient (Wildman–Crippen LogP) is 3.39. The molecule has 1 aromatic rings. The summed E-state index contributed by atoms with van der Waals surface area (Å²) in [4.78, 5) is 13.9. The molecule has 0 aromatic heterocycles. The van der Waals surface area contributed by atoms with Gasteiger partial charge in [-0.25, -0.2) is 4.79 Å². The lowest BCUT2D eigenvalue weighted by Gasteiger charge is -2.21. The molecule has 0 bridgehead atoms. The lowest BCUT2D eigenvalue weighted by molar-refractivity contribution is -0.141. The van der Waals surface area contributed by atoms with Crippen molar-refractivity contribution < 1.29 is 9.53 Å². The summed E-state index contributed by atoms with van der Waals surface area (Å²) in [5.74, 6) is -0.491. The van der Waals surface area contributed by atoms with Crippen molar-refractivity contribution in [3.63, 3.8) is 0 Å². The van der Waals surface area contributed by atoms with Gasteiger partial charge in [-0.05, 0) is 45.4 Å². The van der Waals surface area contributed by atoms with Gasteiger partial charge < -0.3 is 9.64 Å². The average Bonchev–Trinajstić information content (AvgIpc) is 2.45. The Morgan fingerprint density at radius 2 is 2.05 bits per heavy atom. The summed E-state index contributed by atoms with van der Waals surface area (Å²) in [5, 5.41) is 9.27. The van der Waals surface area contributed by atoms with Gasteiger partial charge in [0.15, 0.2) is 0 Å². The van der Waals surface area contributed by atoms with Gasteiger partial charge in [0.1, 0.15) is 6.07 Å². The number of nitrogens with zero attached hydrogens (tertiary/aromatic N) is 2. The molecule has 0 radical (unpaired) electrons. The number of nitriles is 1. The maximum absolute atomic E-state index is 11.7. The normalized spacial score (nSPS) is 11.1. The first-order chi connectivity index (χ1) is 10.0. The third kappa shape index (κ3) is 4.96. The molecule has 0 unspecified atom stereocenters. The highest BCUT2D eigenvalue weighted by molar-refractivity contribution is 5.95. The molecular formula is C17H22N2O2. The fraction of sp³-hybridized carbons (Fsp3) is 0.412. The second kappa shape index (κ2) is 8.11. The van der Waals surface area contributed by atoms with Crippen LogP contribution in [0.5, 0.6) is 0 Å². The predicted molar refractivity (Wildman–Crippen MR) is 84.8 cm³/mol. The van der Waals surface area contributed by atoms with Gasteiger partial charge in [0, 0.05) is 24.9 Å². The van der Waals surface area contributed by atoms with Crippen molar-refractivity contribution in [3.05, 3.63) is 35.9 Å². The highest BCUT2D eigenvalue weighted by atomic mass is 16.5. The summed E-state index contributed by atoms with van der Waals surface area (Å²) in [5.41, 5.74) is 2.08. The van der Waals surface area contributed by atoms with Crippen LogP contribution in [0.4, 0.5) is 5.69 Å². The van der Waals surface area contributed by atoms with E-state index in [-0.39, 0.29) is 6.10 Å². The van der Waals surface area contributed by atoms with Crippen molar-refractivity contribution in [1.29, 1.82) is 5.26 Å². The smallest absolute Gasteiger partial charge is 0.332 e. The van der Waals surface area contributed by atoms with Gasteiger partial charge >= 0.3 is 5.97 Å². The van der Waals surface area contributed by atoms with Crippen LogP contribution in [0, 0.1) is 11.3 Å². The third-order valence-corrected chi connectivity index (χ3v) is 3.02. The lowest BCUT2D eigenvalue weighted by atomic mass is 10.1. The molecule has 21 heavy (non-hydrogen) atoms. The zero-order valence-electron chi connectivity index (χ0n) is 13.1. The second-order valence-electron chi connectivity index (χ2n) is 4.88. The van der Waals surface area contributed by atoms with E-state index in [9.17, 15) is 10.1 Å². The van der Waals surface area contributed by atoms with Crippen LogP contribution in [-0.4, -0.2) is 25.2 Å². The monoisotopic (exact) mass is 286 g/mol. The van der Waals surface area contributed by atoms with Crippen molar-refractivity contribution in [2.75, 3.05) is 18.0 Å². The molecule has 0 aliphatic heterocycles. The Labute approximate surface area is 126 Å². The van der Waals surface area contributed by atoms with E-state index < -0.39 is 5.97 Å². The summed E-state index contributed by atoms with van der Waals surface area (Å²) in [6.45, 7) is 9.49. The number of esters is 1. The Morgan fingerprint density at radius 3 is 2.57 bits per heavy atom. The fourth-order valence-electron chi connectivity index (χ4n) is 2.02. The van der Waals surface area contributed by atoms with Crippen LogP contribution < -0.4 is 4.90 Å². The molecule has 0 aliphatic rings. The number of hydrogen-bond acceptors (Lipinski definition) is 4. The Hall–Kier alpha value is -2.28. The van der Waals surface area contributed by atoms with Crippen LogP contribution in [0.15, 0.2) is 30.3 Å². The standard InChI is InChI=1S/C17H22N2O2/c1-5-19(6-2)16-9-7-8-14(10-16)15(12-18)11-17(20)21-13(3)4/h7-11,13H,5-6H2,1-4H3. The van der Waals surface area contributed by atoms with Gasteiger partial charge in [-0.15, -0.1) is 0 Å². The van der Waals surface area contributed by atoms with E-state index >= 15 is 0 Å². The van der Waals surface area contributed by atoms with E-state index in [4.69, 9.17) is 4.74 Å². The van der Waals surface area contributed by atoms with Crippen molar-refractivity contribution in [2.24, 2.45) is 0 Å². The zero-order chi connectivity index (χ0) is 15.8. The van der Waals surface area contributed by atoms with Crippen LogP contribution in [0.2, 0.25) is 0 Å². The molecule has 0 saturated carbocycles. The molecule has 1 aromatic carbocycles. The minimum absolute atomic E-state index is 0.198. The number of anilines is 1. The summed E-state index contributed by atoms with van der Waals surface area (Å²) < 4.78 is 5.05. The number of allylic oxidation sites excluding steroid dienone is 1. The van der Waals surface area contributed by atoms with Gasteiger partial charge in [-0.1, -0.05) is 12.1 Å². The summed E-state index contributed by atoms with van der Waals surface area (Å²) in [6, 6.07) is 9.70. The quantitative estimate of drug-likeness (QED) is 0.457. The average molecular weight is 286 g/mol. The molecule has 112 valence electrons. The zero-order valence-corrected chi connectivity index (χ0v) is 13.1. The molecule has 0 atom stereocenters. The van der Waals surface area contributed by atoms with Gasteiger partial charge in [-0.3, -0.25) is 0 Å². The number of rotatable bonds is 6. The largest absolute Gasteiger partial charge is 0.460 e. The Bertz CT molecular complexity index is 552. The minimum atomic E-state index is -0.491. The number of benzene rings is 1. The van der Waals surface area contributed by atoms with Crippen LogP contribution in [-0.2, 0) is 9.53 Å². The summed E-state index contributed by atoms with van der Waals surface area (Å²) >= 11 is 0. The Balaban J connectivity index is 3.07. The lowest BCUT2D eigenvalue weighted by Crippen LogP contribution is -2.21. The van der Waals surface area contributed by atoms with Crippen LogP contribution in [0.3, 0.4) is 0 Å². The minimum Gasteiger partial charge on any atom is -0.460 e. The van der Waals surface area contributed by atoms with Crippen LogP contribution in [0.1, 0.15) is 33.3 Å². The van der Waals surface area contributed by atoms with Crippen molar-refractivity contribution in [2.45, 2.75) is 33.8 Å².